The van der Waals surface area contributed by atoms with Crippen LogP contribution >= 0.6 is 0 Å². The minimum Gasteiger partial charge on any atom is -0.497 e. The van der Waals surface area contributed by atoms with Gasteiger partial charge in [-0.15, -0.1) is 0 Å². The Morgan fingerprint density at radius 3 is 2.04 bits per heavy atom. The maximum absolute atomic E-state index is 17.0. The van der Waals surface area contributed by atoms with Crippen molar-refractivity contribution in [2.24, 2.45) is 0 Å². The number of H-pyrrole nitrogens is 1. The van der Waals surface area contributed by atoms with E-state index in [0.29, 0.717) is 11.3 Å². The van der Waals surface area contributed by atoms with Crippen LogP contribution in [0.2, 0.25) is 0 Å². The molecule has 9 nitrogen and oxygen atoms in total. The third-order valence-corrected chi connectivity index (χ3v) is 8.44. The molecule has 0 unspecified atom stereocenters. The zero-order chi connectivity index (χ0) is 33.0. The van der Waals surface area contributed by atoms with Crippen molar-refractivity contribution in [1.29, 1.82) is 0 Å². The normalized spacial score (nSPS) is 19.3. The first-order valence-electron chi connectivity index (χ1n) is 15.2. The number of carbonyl (C=O) groups excluding carboxylic acids is 1. The number of aromatic nitrogens is 2. The second-order valence-corrected chi connectivity index (χ2v) is 11.4. The number of aromatic amines is 1. The van der Waals surface area contributed by atoms with Gasteiger partial charge in [-0.1, -0.05) is 90.5 Å². The van der Waals surface area contributed by atoms with Gasteiger partial charge in [-0.3, -0.25) is 19.7 Å². The highest BCUT2D eigenvalue weighted by Crippen LogP contribution is 2.41. The number of aryl methyl sites for hydroxylation is 1. The number of rotatable bonds is 10. The van der Waals surface area contributed by atoms with Gasteiger partial charge in [0.05, 0.1) is 24.3 Å². The van der Waals surface area contributed by atoms with Crippen molar-refractivity contribution in [1.82, 2.24) is 14.9 Å². The predicted molar refractivity (Wildman–Crippen MR) is 174 cm³/mol. The Morgan fingerprint density at radius 2 is 1.47 bits per heavy atom. The van der Waals surface area contributed by atoms with Crippen LogP contribution in [0.1, 0.15) is 38.8 Å². The minimum absolute atomic E-state index is 0.318. The number of alkyl halides is 1. The molecule has 0 bridgehead atoms. The summed E-state index contributed by atoms with van der Waals surface area (Å²) in [5, 5.41) is 3.60. The van der Waals surface area contributed by atoms with Crippen molar-refractivity contribution < 1.29 is 23.4 Å². The predicted octanol–water partition coefficient (Wildman–Crippen LogP) is 4.90. The van der Waals surface area contributed by atoms with E-state index in [9.17, 15) is 14.4 Å². The van der Waals surface area contributed by atoms with Crippen molar-refractivity contribution >= 4 is 5.97 Å². The first-order chi connectivity index (χ1) is 22.8. The molecule has 2 heterocycles. The number of nitrogens with zero attached hydrogens (tertiary/aromatic N) is 1. The van der Waals surface area contributed by atoms with Crippen molar-refractivity contribution in [3.05, 3.63) is 170 Å². The van der Waals surface area contributed by atoms with Crippen LogP contribution in [-0.2, 0) is 15.0 Å². The van der Waals surface area contributed by atoms with Gasteiger partial charge in [-0.05, 0) is 47.9 Å². The Hall–Kier alpha value is -5.32. The van der Waals surface area contributed by atoms with Gasteiger partial charge in [0.25, 0.3) is 5.56 Å². The van der Waals surface area contributed by atoms with E-state index in [0.717, 1.165) is 32.9 Å². The maximum Gasteiger partial charge on any atom is 0.338 e. The first kappa shape index (κ1) is 31.7. The van der Waals surface area contributed by atoms with E-state index in [1.165, 1.54) is 6.20 Å². The van der Waals surface area contributed by atoms with Gasteiger partial charge in [0.2, 0.25) is 0 Å². The van der Waals surface area contributed by atoms with E-state index < -0.39 is 47.3 Å². The lowest BCUT2D eigenvalue weighted by atomic mass is 9.76. The number of benzene rings is 4. The number of carbonyl (C=O) groups is 1. The van der Waals surface area contributed by atoms with Crippen LogP contribution < -0.4 is 21.3 Å². The standard InChI is InChI=1S/C37H34FN3O6/c1-24-13-15-25(16-14-24)35(43)46-23-30-33(32(38)34(47-30)41-22-21-31(42)39-36(41)44)40-37(26-9-5-3-6-10-26,27-11-7-4-8-12-27)28-17-19-29(45-2)20-18-28/h3-22,30,32-34,40H,23H2,1-2H3,(H,39,42,44)/t30-,32+,33-,34-/m1/s1. The van der Waals surface area contributed by atoms with Gasteiger partial charge in [0.1, 0.15) is 18.5 Å². The molecule has 1 aliphatic rings. The number of halogens is 1. The van der Waals surface area contributed by atoms with Crippen molar-refractivity contribution in [2.45, 2.75) is 37.0 Å². The number of hydrogen-bond donors (Lipinski definition) is 2. The number of nitrogens with one attached hydrogen (secondary N) is 2. The van der Waals surface area contributed by atoms with E-state index in [-0.39, 0.29) is 6.61 Å². The third kappa shape index (κ3) is 6.38. The monoisotopic (exact) mass is 635 g/mol. The van der Waals surface area contributed by atoms with E-state index in [4.69, 9.17) is 14.2 Å². The molecule has 6 rings (SSSR count). The Labute approximate surface area is 270 Å². The quantitative estimate of drug-likeness (QED) is 0.166. The lowest BCUT2D eigenvalue weighted by Crippen LogP contribution is -2.56. The number of methoxy groups -OCH3 is 1. The van der Waals surface area contributed by atoms with Gasteiger partial charge in [0, 0.05) is 12.3 Å². The van der Waals surface area contributed by atoms with Crippen LogP contribution in [0, 0.1) is 6.92 Å². The molecule has 240 valence electrons. The van der Waals surface area contributed by atoms with Crippen LogP contribution in [0.4, 0.5) is 4.39 Å². The summed E-state index contributed by atoms with van der Waals surface area (Å²) in [5.41, 5.74) is 1.13. The molecule has 2 N–H and O–H groups in total. The largest absolute Gasteiger partial charge is 0.497 e. The summed E-state index contributed by atoms with van der Waals surface area (Å²) in [5.74, 6) is 0.0506. The Kier molecular flexibility index (Phi) is 9.15. The molecule has 0 radical (unpaired) electrons. The lowest BCUT2D eigenvalue weighted by molar-refractivity contribution is -0.0477. The fourth-order valence-electron chi connectivity index (χ4n) is 6.03. The van der Waals surface area contributed by atoms with E-state index >= 15 is 4.39 Å². The zero-order valence-corrected chi connectivity index (χ0v) is 25.8. The van der Waals surface area contributed by atoms with E-state index in [1.807, 2.05) is 91.9 Å². The fraction of sp³-hybridized carbons (Fsp3) is 0.216. The Balaban J connectivity index is 1.46. The van der Waals surface area contributed by atoms with Gasteiger partial charge < -0.3 is 14.2 Å². The van der Waals surface area contributed by atoms with Crippen LogP contribution in [0.25, 0.3) is 0 Å². The molecule has 10 heteroatoms. The van der Waals surface area contributed by atoms with Crippen molar-refractivity contribution in [3.63, 3.8) is 0 Å². The molecule has 1 aliphatic heterocycles. The van der Waals surface area contributed by atoms with Gasteiger partial charge in [-0.25, -0.2) is 14.0 Å². The smallest absolute Gasteiger partial charge is 0.338 e. The molecule has 5 aromatic rings. The molecule has 47 heavy (non-hydrogen) atoms. The summed E-state index contributed by atoms with van der Waals surface area (Å²) in [7, 11) is 1.58. The highest BCUT2D eigenvalue weighted by Gasteiger charge is 2.51. The molecule has 1 saturated heterocycles. The van der Waals surface area contributed by atoms with Crippen LogP contribution in [-0.4, -0.2) is 47.6 Å². The Morgan fingerprint density at radius 1 is 0.872 bits per heavy atom. The SMILES string of the molecule is COc1ccc(C(N[C@H]2[C@H](F)[C@H](n3ccc(=O)[nH]c3=O)O[C@@H]2COC(=O)c2ccc(C)cc2)(c2ccccc2)c2ccccc2)cc1. The maximum atomic E-state index is 17.0. The van der Waals surface area contributed by atoms with Crippen LogP contribution in [0.15, 0.2) is 131 Å². The second-order valence-electron chi connectivity index (χ2n) is 11.4. The highest BCUT2D eigenvalue weighted by molar-refractivity contribution is 5.89. The van der Waals surface area contributed by atoms with Gasteiger partial charge >= 0.3 is 11.7 Å². The molecule has 1 fully saturated rings. The van der Waals surface area contributed by atoms with E-state index in [1.54, 1.807) is 31.4 Å². The molecule has 4 aromatic carbocycles. The minimum atomic E-state index is -1.83. The second kappa shape index (κ2) is 13.6. The molecular formula is C37H34FN3O6. The molecule has 4 atom stereocenters. The fourth-order valence-corrected chi connectivity index (χ4v) is 6.03. The van der Waals surface area contributed by atoms with Crippen molar-refractivity contribution in [2.75, 3.05) is 13.7 Å². The zero-order valence-electron chi connectivity index (χ0n) is 25.8. The van der Waals surface area contributed by atoms with Crippen LogP contribution in [0.3, 0.4) is 0 Å². The summed E-state index contributed by atoms with van der Waals surface area (Å²) in [6.07, 6.45) is -3.11. The molecule has 0 saturated carbocycles. The van der Waals surface area contributed by atoms with Gasteiger partial charge in [0.15, 0.2) is 12.4 Å². The molecule has 1 aromatic heterocycles. The third-order valence-electron chi connectivity index (χ3n) is 8.44. The summed E-state index contributed by atoms with van der Waals surface area (Å²) >= 11 is 0. The number of ether oxygens (including phenoxy) is 3. The van der Waals surface area contributed by atoms with Crippen LogP contribution in [0.5, 0.6) is 5.75 Å². The summed E-state index contributed by atoms with van der Waals surface area (Å²) in [4.78, 5) is 39.9. The average molecular weight is 636 g/mol. The van der Waals surface area contributed by atoms with Gasteiger partial charge in [-0.2, -0.15) is 0 Å². The summed E-state index contributed by atoms with van der Waals surface area (Å²) < 4.78 is 35.3. The number of esters is 1. The average Bonchev–Trinajstić information content (AvgIpc) is 3.40. The Bertz CT molecular complexity index is 1890. The molecule has 0 spiro atoms. The van der Waals surface area contributed by atoms with E-state index in [2.05, 4.69) is 10.3 Å². The summed E-state index contributed by atoms with van der Waals surface area (Å²) in [6, 6.07) is 33.6. The highest BCUT2D eigenvalue weighted by atomic mass is 19.1. The number of hydrogen-bond acceptors (Lipinski definition) is 7. The lowest BCUT2D eigenvalue weighted by Gasteiger charge is -2.40. The molecular weight excluding hydrogens is 601 g/mol. The first-order valence-corrected chi connectivity index (χ1v) is 15.2. The topological polar surface area (TPSA) is 112 Å². The summed E-state index contributed by atoms with van der Waals surface area (Å²) in [6.45, 7) is 1.59. The molecule has 0 amide bonds. The van der Waals surface area contributed by atoms with Crippen molar-refractivity contribution in [3.8, 4) is 5.75 Å². The molecule has 0 aliphatic carbocycles.